The van der Waals surface area contributed by atoms with E-state index >= 15 is 0 Å². The van der Waals surface area contributed by atoms with Gasteiger partial charge >= 0.3 is 0 Å². The Morgan fingerprint density at radius 1 is 0.935 bits per heavy atom. The van der Waals surface area contributed by atoms with E-state index in [0.717, 1.165) is 44.3 Å². The Kier molecular flexibility index (Phi) is 6.44. The molecule has 1 aromatic carbocycles. The number of likely N-dealkylation sites (tertiary alicyclic amines) is 2. The van der Waals surface area contributed by atoms with Crippen LogP contribution in [-0.4, -0.2) is 52.8 Å². The summed E-state index contributed by atoms with van der Waals surface area (Å²) in [7, 11) is 0. The first-order valence-corrected chi connectivity index (χ1v) is 11.6. The first-order chi connectivity index (χ1) is 14.9. The van der Waals surface area contributed by atoms with E-state index in [1.807, 2.05) is 41.0 Å². The Morgan fingerprint density at radius 3 is 2.16 bits per heavy atom. The molecule has 6 nitrogen and oxygen atoms in total. The highest BCUT2D eigenvalue weighted by atomic mass is 16.4. The van der Waals surface area contributed by atoms with Crippen LogP contribution in [0.25, 0.3) is 0 Å². The number of piperidine rings is 2. The highest BCUT2D eigenvalue weighted by Gasteiger charge is 2.30. The zero-order valence-corrected chi connectivity index (χ0v) is 18.9. The van der Waals surface area contributed by atoms with Gasteiger partial charge < -0.3 is 14.2 Å². The Morgan fingerprint density at radius 2 is 1.55 bits per heavy atom. The third-order valence-electron chi connectivity index (χ3n) is 6.61. The van der Waals surface area contributed by atoms with E-state index in [0.29, 0.717) is 36.4 Å². The van der Waals surface area contributed by atoms with Crippen LogP contribution in [0.1, 0.15) is 95.8 Å². The first kappa shape index (κ1) is 21.6. The van der Waals surface area contributed by atoms with Gasteiger partial charge in [-0.05, 0) is 62.6 Å². The van der Waals surface area contributed by atoms with Gasteiger partial charge in [0.25, 0.3) is 11.8 Å². The zero-order chi connectivity index (χ0) is 22.0. The molecule has 0 bridgehead atoms. The molecule has 31 heavy (non-hydrogen) atoms. The second-order valence-electron chi connectivity index (χ2n) is 9.15. The van der Waals surface area contributed by atoms with E-state index in [1.165, 1.54) is 12.0 Å². The highest BCUT2D eigenvalue weighted by molar-refractivity contribution is 5.94. The predicted octanol–water partition coefficient (Wildman–Crippen LogP) is 4.75. The molecule has 4 rings (SSSR count). The van der Waals surface area contributed by atoms with Gasteiger partial charge in [-0.25, -0.2) is 4.98 Å². The molecule has 0 radical (unpaired) electrons. The summed E-state index contributed by atoms with van der Waals surface area (Å²) in [6, 6.07) is 7.95. The summed E-state index contributed by atoms with van der Waals surface area (Å²) in [4.78, 5) is 34.1. The first-order valence-electron chi connectivity index (χ1n) is 11.6. The number of hydrogen-bond donors (Lipinski definition) is 0. The quantitative estimate of drug-likeness (QED) is 0.712. The fraction of sp³-hybridized carbons (Fsp3) is 0.560. The number of rotatable bonds is 4. The molecule has 1 aromatic heterocycles. The lowest BCUT2D eigenvalue weighted by Gasteiger charge is -2.30. The molecule has 2 aliphatic rings. The van der Waals surface area contributed by atoms with Crippen LogP contribution in [0.3, 0.4) is 0 Å². The lowest BCUT2D eigenvalue weighted by atomic mass is 9.96. The summed E-state index contributed by atoms with van der Waals surface area (Å²) in [5, 5.41) is 0. The van der Waals surface area contributed by atoms with Crippen molar-refractivity contribution < 1.29 is 14.0 Å². The largest absolute Gasteiger partial charge is 0.445 e. The number of amides is 2. The molecule has 2 aliphatic heterocycles. The van der Waals surface area contributed by atoms with Crippen molar-refractivity contribution in [3.63, 3.8) is 0 Å². The van der Waals surface area contributed by atoms with Gasteiger partial charge in [0.05, 0.1) is 0 Å². The minimum atomic E-state index is -0.00958. The number of nitrogens with zero attached hydrogens (tertiary/aromatic N) is 3. The number of carbonyl (C=O) groups excluding carboxylic acids is 2. The molecule has 0 aliphatic carbocycles. The van der Waals surface area contributed by atoms with Crippen molar-refractivity contribution in [3.05, 3.63) is 52.7 Å². The van der Waals surface area contributed by atoms with Gasteiger partial charge in [0.15, 0.2) is 11.6 Å². The molecule has 166 valence electrons. The third-order valence-corrected chi connectivity index (χ3v) is 6.61. The summed E-state index contributed by atoms with van der Waals surface area (Å²) in [6.45, 7) is 9.08. The summed E-state index contributed by atoms with van der Waals surface area (Å²) in [5.74, 6) is 1.92. The molecule has 2 aromatic rings. The van der Waals surface area contributed by atoms with Crippen molar-refractivity contribution in [2.45, 2.75) is 64.7 Å². The van der Waals surface area contributed by atoms with Gasteiger partial charge in [0, 0.05) is 37.7 Å². The average molecular weight is 424 g/mol. The summed E-state index contributed by atoms with van der Waals surface area (Å²) in [6.07, 6.45) is 4.90. The third kappa shape index (κ3) is 4.68. The lowest BCUT2D eigenvalue weighted by Crippen LogP contribution is -2.38. The minimum absolute atomic E-state index is 0.00958. The summed E-state index contributed by atoms with van der Waals surface area (Å²) >= 11 is 0. The van der Waals surface area contributed by atoms with Crippen molar-refractivity contribution in [1.29, 1.82) is 0 Å². The van der Waals surface area contributed by atoms with Crippen LogP contribution in [0.4, 0.5) is 0 Å². The van der Waals surface area contributed by atoms with Crippen LogP contribution in [-0.2, 0) is 0 Å². The number of hydrogen-bond acceptors (Lipinski definition) is 4. The van der Waals surface area contributed by atoms with E-state index in [9.17, 15) is 9.59 Å². The van der Waals surface area contributed by atoms with E-state index in [4.69, 9.17) is 4.42 Å². The van der Waals surface area contributed by atoms with Crippen molar-refractivity contribution in [1.82, 2.24) is 14.8 Å². The Hall–Kier alpha value is -2.63. The molecule has 2 fully saturated rings. The van der Waals surface area contributed by atoms with Gasteiger partial charge in [0.1, 0.15) is 5.76 Å². The van der Waals surface area contributed by atoms with Gasteiger partial charge in [-0.1, -0.05) is 26.0 Å². The van der Waals surface area contributed by atoms with Crippen molar-refractivity contribution in [3.8, 4) is 0 Å². The molecule has 0 saturated carbocycles. The van der Waals surface area contributed by atoms with Gasteiger partial charge in [0.2, 0.25) is 0 Å². The monoisotopic (exact) mass is 423 g/mol. The number of oxazole rings is 1. The maximum Gasteiger partial charge on any atom is 0.276 e. The average Bonchev–Trinajstić information content (AvgIpc) is 3.20. The van der Waals surface area contributed by atoms with Gasteiger partial charge in [-0.15, -0.1) is 0 Å². The van der Waals surface area contributed by atoms with Crippen LogP contribution in [0, 0.1) is 6.92 Å². The van der Waals surface area contributed by atoms with Crippen LogP contribution < -0.4 is 0 Å². The minimum Gasteiger partial charge on any atom is -0.445 e. The van der Waals surface area contributed by atoms with E-state index in [2.05, 4.69) is 18.8 Å². The molecule has 2 amide bonds. The normalized spacial score (nSPS) is 17.9. The topological polar surface area (TPSA) is 66.7 Å². The lowest BCUT2D eigenvalue weighted by molar-refractivity contribution is 0.0704. The molecule has 6 heteroatoms. The molecule has 0 atom stereocenters. The fourth-order valence-electron chi connectivity index (χ4n) is 4.56. The van der Waals surface area contributed by atoms with Crippen molar-refractivity contribution >= 4 is 11.8 Å². The molecular formula is C25H33N3O3. The fourth-order valence-corrected chi connectivity index (χ4v) is 4.56. The molecule has 0 N–H and O–H groups in total. The molecule has 0 spiro atoms. The second-order valence-corrected chi connectivity index (χ2v) is 9.15. The Balaban J connectivity index is 1.37. The molecular weight excluding hydrogens is 390 g/mol. The van der Waals surface area contributed by atoms with Gasteiger partial charge in [-0.3, -0.25) is 9.59 Å². The van der Waals surface area contributed by atoms with Crippen LogP contribution in [0.5, 0.6) is 0 Å². The van der Waals surface area contributed by atoms with Crippen molar-refractivity contribution in [2.24, 2.45) is 0 Å². The number of carbonyl (C=O) groups is 2. The van der Waals surface area contributed by atoms with Gasteiger partial charge in [-0.2, -0.15) is 0 Å². The molecule has 0 unspecified atom stereocenters. The number of aryl methyl sites for hydroxylation is 1. The number of benzene rings is 1. The van der Waals surface area contributed by atoms with E-state index < -0.39 is 0 Å². The maximum atomic E-state index is 12.9. The standard InChI is InChI=1S/C25H33N3O3/c1-17(2)19-7-9-21(10-8-19)24(29)28-15-11-20(12-16-28)23-26-22(18(3)31-23)25(30)27-13-5-4-6-14-27/h7-10,17,20H,4-6,11-16H2,1-3H3. The van der Waals surface area contributed by atoms with Crippen molar-refractivity contribution in [2.75, 3.05) is 26.2 Å². The Bertz CT molecular complexity index is 918. The van der Waals surface area contributed by atoms with Crippen LogP contribution in [0.2, 0.25) is 0 Å². The maximum absolute atomic E-state index is 12.9. The Labute approximate surface area is 184 Å². The SMILES string of the molecule is Cc1oc(C2CCN(C(=O)c3ccc(C(C)C)cc3)CC2)nc1C(=O)N1CCCCC1. The summed E-state index contributed by atoms with van der Waals surface area (Å²) in [5.41, 5.74) is 2.44. The van der Waals surface area contributed by atoms with Crippen LogP contribution in [0.15, 0.2) is 28.7 Å². The zero-order valence-electron chi connectivity index (χ0n) is 18.9. The molecule has 2 saturated heterocycles. The van der Waals surface area contributed by atoms with Crippen LogP contribution >= 0.6 is 0 Å². The molecule has 3 heterocycles. The number of aromatic nitrogens is 1. The van der Waals surface area contributed by atoms with E-state index in [-0.39, 0.29) is 17.7 Å². The summed E-state index contributed by atoms with van der Waals surface area (Å²) < 4.78 is 5.92. The second kappa shape index (κ2) is 9.25. The van der Waals surface area contributed by atoms with E-state index in [1.54, 1.807) is 0 Å². The predicted molar refractivity (Wildman–Crippen MR) is 119 cm³/mol. The smallest absolute Gasteiger partial charge is 0.276 e. The highest BCUT2D eigenvalue weighted by Crippen LogP contribution is 2.30.